The number of amides is 1. The van der Waals surface area contributed by atoms with Gasteiger partial charge in [0.1, 0.15) is 5.41 Å². The number of hydrogen-bond acceptors (Lipinski definition) is 3. The van der Waals surface area contributed by atoms with Crippen LogP contribution >= 0.6 is 0 Å². The van der Waals surface area contributed by atoms with Crippen LogP contribution in [0, 0.1) is 10.8 Å². The van der Waals surface area contributed by atoms with Gasteiger partial charge in [0.2, 0.25) is 5.91 Å². The molecular weight excluding hydrogens is 230 g/mol. The van der Waals surface area contributed by atoms with Crippen LogP contribution in [0.3, 0.4) is 0 Å². The van der Waals surface area contributed by atoms with Crippen molar-refractivity contribution in [3.63, 3.8) is 0 Å². The van der Waals surface area contributed by atoms with E-state index in [0.717, 1.165) is 13.0 Å². The zero-order valence-corrected chi connectivity index (χ0v) is 11.0. The summed E-state index contributed by atoms with van der Waals surface area (Å²) in [6.45, 7) is 2.91. The molecule has 102 valence electrons. The van der Waals surface area contributed by atoms with Crippen molar-refractivity contribution in [2.45, 2.75) is 51.9 Å². The molecule has 5 nitrogen and oxygen atoms in total. The molecule has 0 aliphatic heterocycles. The lowest BCUT2D eigenvalue weighted by molar-refractivity contribution is -0.124. The Kier molecular flexibility index (Phi) is 3.50. The van der Waals surface area contributed by atoms with Crippen molar-refractivity contribution in [2.75, 3.05) is 6.54 Å². The van der Waals surface area contributed by atoms with Crippen LogP contribution < -0.4 is 11.1 Å². The van der Waals surface area contributed by atoms with Gasteiger partial charge in [0, 0.05) is 6.54 Å². The molecule has 0 saturated heterocycles. The standard InChI is InChI=1S/C13H23N3O2/c1-2-12(5-3-4-6-12)9-15-11(17)13(7-8-13)10(14)16-18/h18H,2-9H2,1H3,(H2,14,16)(H,15,17). The molecular formula is C13H23N3O2. The first-order chi connectivity index (χ1) is 8.58. The highest BCUT2D eigenvalue weighted by Gasteiger charge is 2.54. The Morgan fingerprint density at radius 2 is 1.94 bits per heavy atom. The van der Waals surface area contributed by atoms with Crippen LogP contribution in [-0.4, -0.2) is 23.5 Å². The van der Waals surface area contributed by atoms with Gasteiger partial charge in [-0.05, 0) is 37.5 Å². The molecule has 5 heteroatoms. The second-order valence-corrected chi connectivity index (χ2v) is 5.81. The van der Waals surface area contributed by atoms with Gasteiger partial charge >= 0.3 is 0 Å². The third-order valence-electron chi connectivity index (χ3n) is 4.82. The van der Waals surface area contributed by atoms with Gasteiger partial charge in [0.05, 0.1) is 0 Å². The predicted molar refractivity (Wildman–Crippen MR) is 69.3 cm³/mol. The molecule has 0 spiro atoms. The maximum absolute atomic E-state index is 12.2. The van der Waals surface area contributed by atoms with Crippen LogP contribution in [0.5, 0.6) is 0 Å². The Labute approximate surface area is 108 Å². The fourth-order valence-electron chi connectivity index (χ4n) is 3.04. The summed E-state index contributed by atoms with van der Waals surface area (Å²) in [5.74, 6) is -0.0190. The topological polar surface area (TPSA) is 87.7 Å². The summed E-state index contributed by atoms with van der Waals surface area (Å²) in [5, 5.41) is 14.7. The minimum Gasteiger partial charge on any atom is -0.409 e. The summed E-state index contributed by atoms with van der Waals surface area (Å²) in [6, 6.07) is 0. The lowest BCUT2D eigenvalue weighted by Crippen LogP contribution is -2.44. The number of amidine groups is 1. The predicted octanol–water partition coefficient (Wildman–Crippen LogP) is 1.60. The maximum atomic E-state index is 12.2. The van der Waals surface area contributed by atoms with Gasteiger partial charge in [-0.1, -0.05) is 24.9 Å². The Hall–Kier alpha value is -1.26. The molecule has 0 aromatic carbocycles. The van der Waals surface area contributed by atoms with E-state index in [0.29, 0.717) is 12.8 Å². The first-order valence-corrected chi connectivity index (χ1v) is 6.85. The lowest BCUT2D eigenvalue weighted by Gasteiger charge is -2.28. The molecule has 0 atom stereocenters. The van der Waals surface area contributed by atoms with Crippen LogP contribution in [0.1, 0.15) is 51.9 Å². The number of nitrogens with zero attached hydrogens (tertiary/aromatic N) is 1. The number of oxime groups is 1. The zero-order valence-electron chi connectivity index (χ0n) is 11.0. The van der Waals surface area contributed by atoms with Gasteiger partial charge in [0.25, 0.3) is 0 Å². The number of nitrogens with one attached hydrogen (secondary N) is 1. The van der Waals surface area contributed by atoms with Crippen molar-refractivity contribution in [1.82, 2.24) is 5.32 Å². The molecule has 2 aliphatic rings. The van der Waals surface area contributed by atoms with E-state index in [1.54, 1.807) is 0 Å². The Bertz CT molecular complexity index is 355. The third-order valence-corrected chi connectivity index (χ3v) is 4.82. The Morgan fingerprint density at radius 3 is 2.39 bits per heavy atom. The summed E-state index contributed by atoms with van der Waals surface area (Å²) in [4.78, 5) is 12.2. The number of rotatable bonds is 5. The highest BCUT2D eigenvalue weighted by atomic mass is 16.4. The average molecular weight is 253 g/mol. The van der Waals surface area contributed by atoms with Crippen molar-refractivity contribution in [2.24, 2.45) is 21.7 Å². The fraction of sp³-hybridized carbons (Fsp3) is 0.846. The quantitative estimate of drug-likeness (QED) is 0.301. The summed E-state index contributed by atoms with van der Waals surface area (Å²) in [6.07, 6.45) is 7.39. The van der Waals surface area contributed by atoms with Crippen LogP contribution in [0.15, 0.2) is 5.16 Å². The first kappa shape index (κ1) is 13.2. The average Bonchev–Trinajstić information content (AvgIpc) is 3.08. The van der Waals surface area contributed by atoms with Crippen molar-refractivity contribution in [3.05, 3.63) is 0 Å². The van der Waals surface area contributed by atoms with Crippen molar-refractivity contribution >= 4 is 11.7 Å². The van der Waals surface area contributed by atoms with E-state index in [1.165, 1.54) is 25.7 Å². The maximum Gasteiger partial charge on any atom is 0.233 e. The number of carbonyl (C=O) groups excluding carboxylic acids is 1. The molecule has 0 bridgehead atoms. The lowest BCUT2D eigenvalue weighted by atomic mass is 9.83. The second-order valence-electron chi connectivity index (χ2n) is 5.81. The fourth-order valence-corrected chi connectivity index (χ4v) is 3.04. The monoisotopic (exact) mass is 253 g/mol. The normalized spacial score (nSPS) is 24.8. The number of hydrogen-bond donors (Lipinski definition) is 3. The van der Waals surface area contributed by atoms with Gasteiger partial charge in [-0.2, -0.15) is 0 Å². The summed E-state index contributed by atoms with van der Waals surface area (Å²) < 4.78 is 0. The molecule has 0 radical (unpaired) electrons. The van der Waals surface area contributed by atoms with E-state index >= 15 is 0 Å². The highest BCUT2D eigenvalue weighted by molar-refractivity contribution is 6.09. The molecule has 4 N–H and O–H groups in total. The van der Waals surface area contributed by atoms with Gasteiger partial charge in [-0.3, -0.25) is 4.79 Å². The molecule has 1 amide bonds. The highest BCUT2D eigenvalue weighted by Crippen LogP contribution is 2.46. The third kappa shape index (κ3) is 2.18. The molecule has 0 aromatic rings. The molecule has 2 rings (SSSR count). The summed E-state index contributed by atoms with van der Waals surface area (Å²) in [7, 11) is 0. The minimum absolute atomic E-state index is 0.0528. The van der Waals surface area contributed by atoms with Gasteiger partial charge in [-0.25, -0.2) is 0 Å². The molecule has 0 aromatic heterocycles. The van der Waals surface area contributed by atoms with Gasteiger partial charge in [0.15, 0.2) is 5.84 Å². The van der Waals surface area contributed by atoms with Gasteiger partial charge < -0.3 is 16.3 Å². The van der Waals surface area contributed by atoms with E-state index in [9.17, 15) is 4.79 Å². The Morgan fingerprint density at radius 1 is 1.33 bits per heavy atom. The Balaban J connectivity index is 1.93. The molecule has 0 unspecified atom stereocenters. The van der Waals surface area contributed by atoms with Crippen molar-refractivity contribution in [1.29, 1.82) is 0 Å². The number of carbonyl (C=O) groups is 1. The largest absolute Gasteiger partial charge is 0.409 e. The second kappa shape index (κ2) is 4.78. The van der Waals surface area contributed by atoms with Crippen LogP contribution in [0.25, 0.3) is 0 Å². The van der Waals surface area contributed by atoms with E-state index in [2.05, 4.69) is 17.4 Å². The van der Waals surface area contributed by atoms with Crippen LogP contribution in [0.2, 0.25) is 0 Å². The van der Waals surface area contributed by atoms with Gasteiger partial charge in [-0.15, -0.1) is 0 Å². The smallest absolute Gasteiger partial charge is 0.233 e. The summed E-state index contributed by atoms with van der Waals surface area (Å²) >= 11 is 0. The molecule has 18 heavy (non-hydrogen) atoms. The van der Waals surface area contributed by atoms with Crippen LogP contribution in [0.4, 0.5) is 0 Å². The van der Waals surface area contributed by atoms with Crippen LogP contribution in [-0.2, 0) is 4.79 Å². The van der Waals surface area contributed by atoms with Crippen molar-refractivity contribution in [3.8, 4) is 0 Å². The summed E-state index contributed by atoms with van der Waals surface area (Å²) in [5.41, 5.74) is 5.16. The molecule has 0 heterocycles. The molecule has 2 saturated carbocycles. The minimum atomic E-state index is -0.720. The number of nitrogens with two attached hydrogens (primary N) is 1. The van der Waals surface area contributed by atoms with E-state index < -0.39 is 5.41 Å². The van der Waals surface area contributed by atoms with E-state index in [4.69, 9.17) is 10.9 Å². The molecule has 2 fully saturated rings. The van der Waals surface area contributed by atoms with Crippen molar-refractivity contribution < 1.29 is 10.0 Å². The van der Waals surface area contributed by atoms with E-state index in [-0.39, 0.29) is 17.2 Å². The zero-order chi connectivity index (χ0) is 13.2. The SMILES string of the molecule is CCC1(CNC(=O)C2(C(N)=NO)CC2)CCCC1. The van der Waals surface area contributed by atoms with E-state index in [1.807, 2.05) is 0 Å². The molecule has 2 aliphatic carbocycles. The first-order valence-electron chi connectivity index (χ1n) is 6.85.